The molecule has 0 heterocycles. The van der Waals surface area contributed by atoms with Crippen LogP contribution in [0.4, 0.5) is 0 Å². The summed E-state index contributed by atoms with van der Waals surface area (Å²) in [5, 5.41) is 3.23. The van der Waals surface area contributed by atoms with Gasteiger partial charge in [-0.25, -0.2) is 0 Å². The number of hydrogen-bond donors (Lipinski definition) is 1. The average molecular weight is 201 g/mol. The lowest BCUT2D eigenvalue weighted by Crippen LogP contribution is -2.24. The lowest BCUT2D eigenvalue weighted by molar-refractivity contribution is 0.136. The maximum absolute atomic E-state index is 5.22. The Kier molecular flexibility index (Phi) is 8.20. The average Bonchev–Trinajstić information content (AvgIpc) is 2.03. The van der Waals surface area contributed by atoms with Gasteiger partial charge < -0.3 is 10.1 Å². The highest BCUT2D eigenvalue weighted by molar-refractivity contribution is 4.66. The van der Waals surface area contributed by atoms with Crippen molar-refractivity contribution < 1.29 is 4.74 Å². The van der Waals surface area contributed by atoms with Crippen LogP contribution in [0.5, 0.6) is 0 Å². The molecule has 2 unspecified atom stereocenters. The zero-order chi connectivity index (χ0) is 11.0. The molecule has 0 aromatic heterocycles. The predicted molar refractivity (Wildman–Crippen MR) is 62.5 cm³/mol. The van der Waals surface area contributed by atoms with Crippen LogP contribution in [0.3, 0.4) is 0 Å². The second kappa shape index (κ2) is 8.25. The minimum absolute atomic E-state index is 0.666. The van der Waals surface area contributed by atoms with Gasteiger partial charge in [-0.15, -0.1) is 0 Å². The van der Waals surface area contributed by atoms with Gasteiger partial charge in [0.1, 0.15) is 0 Å². The molecule has 0 aliphatic carbocycles. The van der Waals surface area contributed by atoms with Gasteiger partial charge in [0, 0.05) is 7.11 Å². The highest BCUT2D eigenvalue weighted by atomic mass is 16.5. The largest absolute Gasteiger partial charge is 0.384 e. The first-order chi connectivity index (χ1) is 6.60. The molecule has 2 heteroatoms. The summed E-state index contributed by atoms with van der Waals surface area (Å²) in [6.45, 7) is 8.87. The number of ether oxygens (including phenoxy) is 1. The quantitative estimate of drug-likeness (QED) is 0.651. The van der Waals surface area contributed by atoms with Crippen molar-refractivity contribution in [1.29, 1.82) is 0 Å². The van der Waals surface area contributed by atoms with Crippen molar-refractivity contribution in [3.63, 3.8) is 0 Å². The molecule has 2 nitrogen and oxygen atoms in total. The Hall–Kier alpha value is -0.0800. The Labute approximate surface area is 89.4 Å². The summed E-state index contributed by atoms with van der Waals surface area (Å²) in [6, 6.07) is 0. The molecule has 0 aliphatic heterocycles. The van der Waals surface area contributed by atoms with Crippen molar-refractivity contribution >= 4 is 0 Å². The van der Waals surface area contributed by atoms with Gasteiger partial charge in [-0.2, -0.15) is 0 Å². The maximum Gasteiger partial charge on any atom is 0.0502 e. The summed E-state index contributed by atoms with van der Waals surface area (Å²) in [5.74, 6) is 2.28. The summed E-state index contributed by atoms with van der Waals surface area (Å²) in [5.41, 5.74) is 0. The summed E-state index contributed by atoms with van der Waals surface area (Å²) in [4.78, 5) is 0. The molecular formula is C12H27NO. The molecule has 0 aromatic rings. The van der Waals surface area contributed by atoms with Gasteiger partial charge in [-0.05, 0) is 44.2 Å². The van der Waals surface area contributed by atoms with Crippen LogP contribution in [-0.2, 0) is 4.74 Å². The van der Waals surface area contributed by atoms with Crippen LogP contribution in [0.2, 0.25) is 0 Å². The molecule has 0 saturated carbocycles. The van der Waals surface area contributed by atoms with Gasteiger partial charge in [0.15, 0.2) is 0 Å². The smallest absolute Gasteiger partial charge is 0.0502 e. The molecule has 0 radical (unpaired) electrons. The minimum atomic E-state index is 0.666. The van der Waals surface area contributed by atoms with Gasteiger partial charge in [0.25, 0.3) is 0 Å². The summed E-state index contributed by atoms with van der Waals surface area (Å²) >= 11 is 0. The van der Waals surface area contributed by atoms with E-state index < -0.39 is 0 Å². The molecule has 0 spiro atoms. The zero-order valence-corrected chi connectivity index (χ0v) is 10.5. The molecule has 0 rings (SSSR count). The Morgan fingerprint density at radius 1 is 1.14 bits per heavy atom. The third-order valence-electron chi connectivity index (χ3n) is 2.50. The summed E-state index contributed by atoms with van der Waals surface area (Å²) in [6.07, 6.45) is 2.59. The minimum Gasteiger partial charge on any atom is -0.384 e. The molecule has 0 amide bonds. The van der Waals surface area contributed by atoms with E-state index in [0.717, 1.165) is 25.0 Å². The standard InChI is InChI=1S/C12H27NO/c1-10(2)6-11(3)7-12(8-13-4)9-14-5/h10-13H,6-9H2,1-5H3. The van der Waals surface area contributed by atoms with E-state index in [0.29, 0.717) is 5.92 Å². The normalized spacial score (nSPS) is 15.9. The van der Waals surface area contributed by atoms with Crippen molar-refractivity contribution in [2.45, 2.75) is 33.6 Å². The van der Waals surface area contributed by atoms with E-state index in [-0.39, 0.29) is 0 Å². The second-order valence-corrected chi connectivity index (χ2v) is 4.85. The zero-order valence-electron chi connectivity index (χ0n) is 10.5. The molecule has 0 aromatic carbocycles. The van der Waals surface area contributed by atoms with E-state index in [1.807, 2.05) is 7.05 Å². The monoisotopic (exact) mass is 201 g/mol. The maximum atomic E-state index is 5.22. The van der Waals surface area contributed by atoms with Crippen molar-refractivity contribution in [3.05, 3.63) is 0 Å². The molecule has 86 valence electrons. The van der Waals surface area contributed by atoms with E-state index in [1.165, 1.54) is 12.8 Å². The molecule has 1 N–H and O–H groups in total. The Balaban J connectivity index is 3.76. The van der Waals surface area contributed by atoms with Gasteiger partial charge in [-0.3, -0.25) is 0 Å². The van der Waals surface area contributed by atoms with E-state index in [2.05, 4.69) is 26.1 Å². The fourth-order valence-electron chi connectivity index (χ4n) is 2.20. The van der Waals surface area contributed by atoms with Gasteiger partial charge in [-0.1, -0.05) is 20.8 Å². The fourth-order valence-corrected chi connectivity index (χ4v) is 2.20. The molecule has 0 saturated heterocycles. The molecule has 0 aliphatic rings. The van der Waals surface area contributed by atoms with Crippen LogP contribution in [0, 0.1) is 17.8 Å². The van der Waals surface area contributed by atoms with E-state index in [9.17, 15) is 0 Å². The van der Waals surface area contributed by atoms with Crippen molar-refractivity contribution in [2.24, 2.45) is 17.8 Å². The number of nitrogens with one attached hydrogen (secondary N) is 1. The summed E-state index contributed by atoms with van der Waals surface area (Å²) in [7, 11) is 3.80. The van der Waals surface area contributed by atoms with Gasteiger partial charge >= 0.3 is 0 Å². The molecule has 0 bridgehead atoms. The third-order valence-corrected chi connectivity index (χ3v) is 2.50. The number of hydrogen-bond acceptors (Lipinski definition) is 2. The van der Waals surface area contributed by atoms with Crippen molar-refractivity contribution in [3.8, 4) is 0 Å². The highest BCUT2D eigenvalue weighted by Gasteiger charge is 2.13. The van der Waals surface area contributed by atoms with Crippen LogP contribution in [0.1, 0.15) is 33.6 Å². The van der Waals surface area contributed by atoms with Gasteiger partial charge in [0.05, 0.1) is 6.61 Å². The van der Waals surface area contributed by atoms with E-state index >= 15 is 0 Å². The van der Waals surface area contributed by atoms with Gasteiger partial charge in [0.2, 0.25) is 0 Å². The van der Waals surface area contributed by atoms with E-state index in [4.69, 9.17) is 4.74 Å². The van der Waals surface area contributed by atoms with Crippen molar-refractivity contribution in [1.82, 2.24) is 5.32 Å². The Morgan fingerprint density at radius 3 is 2.21 bits per heavy atom. The summed E-state index contributed by atoms with van der Waals surface area (Å²) < 4.78 is 5.22. The fraction of sp³-hybridized carbons (Fsp3) is 1.00. The van der Waals surface area contributed by atoms with Crippen LogP contribution in [0.25, 0.3) is 0 Å². The molecule has 0 fully saturated rings. The number of methoxy groups -OCH3 is 1. The lowest BCUT2D eigenvalue weighted by atomic mass is 9.90. The Bertz CT molecular complexity index is 119. The molecule has 2 atom stereocenters. The van der Waals surface area contributed by atoms with Crippen LogP contribution < -0.4 is 5.32 Å². The highest BCUT2D eigenvalue weighted by Crippen LogP contribution is 2.19. The number of rotatable bonds is 8. The molecular weight excluding hydrogens is 174 g/mol. The first-order valence-electron chi connectivity index (χ1n) is 5.73. The Morgan fingerprint density at radius 2 is 1.79 bits per heavy atom. The van der Waals surface area contributed by atoms with Crippen molar-refractivity contribution in [2.75, 3.05) is 27.3 Å². The van der Waals surface area contributed by atoms with Crippen LogP contribution in [0.15, 0.2) is 0 Å². The predicted octanol–water partition coefficient (Wildman–Crippen LogP) is 2.54. The van der Waals surface area contributed by atoms with Crippen LogP contribution >= 0.6 is 0 Å². The lowest BCUT2D eigenvalue weighted by Gasteiger charge is -2.21. The van der Waals surface area contributed by atoms with E-state index in [1.54, 1.807) is 7.11 Å². The van der Waals surface area contributed by atoms with Crippen LogP contribution in [-0.4, -0.2) is 27.3 Å². The third kappa shape index (κ3) is 7.34. The first-order valence-corrected chi connectivity index (χ1v) is 5.73. The SMILES string of the molecule is CNCC(COC)CC(C)CC(C)C. The molecule has 14 heavy (non-hydrogen) atoms. The first kappa shape index (κ1) is 13.9. The topological polar surface area (TPSA) is 21.3 Å². The second-order valence-electron chi connectivity index (χ2n) is 4.85.